The lowest BCUT2D eigenvalue weighted by molar-refractivity contribution is 0.380. The number of benzene rings is 1. The van der Waals surface area contributed by atoms with Crippen molar-refractivity contribution in [2.24, 2.45) is 5.73 Å². The molecule has 0 spiro atoms. The maximum absolute atomic E-state index is 5.74. The maximum Gasteiger partial charge on any atom is 0.240 e. The smallest absolute Gasteiger partial charge is 0.240 e. The molecule has 0 aliphatic heterocycles. The molecular formula is C9H9BrN4O. The van der Waals surface area contributed by atoms with Crippen LogP contribution in [0.25, 0.3) is 11.4 Å². The van der Waals surface area contributed by atoms with Crippen molar-refractivity contribution in [3.63, 3.8) is 0 Å². The van der Waals surface area contributed by atoms with E-state index in [1.807, 2.05) is 12.1 Å². The summed E-state index contributed by atoms with van der Waals surface area (Å²) in [5, 5.41) is 3.79. The van der Waals surface area contributed by atoms with Gasteiger partial charge in [-0.05, 0) is 34.1 Å². The van der Waals surface area contributed by atoms with Gasteiger partial charge in [-0.25, -0.2) is 0 Å². The minimum atomic E-state index is 0.235. The second-order valence-corrected chi connectivity index (χ2v) is 3.81. The van der Waals surface area contributed by atoms with E-state index >= 15 is 0 Å². The van der Waals surface area contributed by atoms with Crippen LogP contribution < -0.4 is 11.5 Å². The molecule has 1 heterocycles. The third-order valence-electron chi connectivity index (χ3n) is 1.90. The fraction of sp³-hybridized carbons (Fsp3) is 0.111. The Balaban J connectivity index is 2.40. The van der Waals surface area contributed by atoms with E-state index in [1.165, 1.54) is 0 Å². The maximum atomic E-state index is 5.74. The largest absolute Gasteiger partial charge is 0.398 e. The van der Waals surface area contributed by atoms with E-state index in [0.29, 0.717) is 17.4 Å². The second kappa shape index (κ2) is 4.00. The quantitative estimate of drug-likeness (QED) is 0.807. The van der Waals surface area contributed by atoms with Gasteiger partial charge in [0, 0.05) is 15.7 Å². The van der Waals surface area contributed by atoms with Gasteiger partial charge < -0.3 is 16.0 Å². The molecule has 4 N–H and O–H groups in total. The van der Waals surface area contributed by atoms with E-state index < -0.39 is 0 Å². The Hall–Kier alpha value is -1.40. The molecule has 0 saturated carbocycles. The lowest BCUT2D eigenvalue weighted by atomic mass is 10.2. The van der Waals surface area contributed by atoms with Gasteiger partial charge in [0.1, 0.15) is 0 Å². The first-order valence-corrected chi connectivity index (χ1v) is 5.08. The van der Waals surface area contributed by atoms with Gasteiger partial charge >= 0.3 is 0 Å². The monoisotopic (exact) mass is 268 g/mol. The highest BCUT2D eigenvalue weighted by atomic mass is 79.9. The van der Waals surface area contributed by atoms with Crippen LogP contribution >= 0.6 is 15.9 Å². The van der Waals surface area contributed by atoms with Crippen LogP contribution in [-0.2, 0) is 6.54 Å². The molecule has 0 amide bonds. The fourth-order valence-electron chi connectivity index (χ4n) is 1.14. The molecule has 0 bridgehead atoms. The van der Waals surface area contributed by atoms with Crippen molar-refractivity contribution in [3.05, 3.63) is 28.6 Å². The highest BCUT2D eigenvalue weighted by molar-refractivity contribution is 9.10. The van der Waals surface area contributed by atoms with Crippen molar-refractivity contribution < 1.29 is 4.52 Å². The molecule has 0 aliphatic carbocycles. The minimum absolute atomic E-state index is 0.235. The number of nitrogens with two attached hydrogens (primary N) is 2. The van der Waals surface area contributed by atoms with E-state index in [1.54, 1.807) is 6.07 Å². The molecule has 5 nitrogen and oxygen atoms in total. The summed E-state index contributed by atoms with van der Waals surface area (Å²) in [5.74, 6) is 0.904. The van der Waals surface area contributed by atoms with Crippen molar-refractivity contribution in [3.8, 4) is 11.4 Å². The van der Waals surface area contributed by atoms with Gasteiger partial charge in [0.15, 0.2) is 0 Å². The van der Waals surface area contributed by atoms with E-state index in [2.05, 4.69) is 26.1 Å². The van der Waals surface area contributed by atoms with Gasteiger partial charge in [-0.2, -0.15) is 4.98 Å². The predicted octanol–water partition coefficient (Wildman–Crippen LogP) is 1.54. The van der Waals surface area contributed by atoms with E-state index in [4.69, 9.17) is 16.0 Å². The Bertz CT molecular complexity index is 483. The van der Waals surface area contributed by atoms with Crippen molar-refractivity contribution in [1.29, 1.82) is 0 Å². The summed E-state index contributed by atoms with van der Waals surface area (Å²) in [6.07, 6.45) is 0. The van der Waals surface area contributed by atoms with Crippen LogP contribution in [0.5, 0.6) is 0 Å². The molecule has 0 radical (unpaired) electrons. The van der Waals surface area contributed by atoms with Crippen LogP contribution in [0.15, 0.2) is 27.2 Å². The molecule has 0 unspecified atom stereocenters. The van der Waals surface area contributed by atoms with Crippen LogP contribution in [0.4, 0.5) is 5.69 Å². The van der Waals surface area contributed by atoms with E-state index in [9.17, 15) is 0 Å². The molecule has 1 aromatic carbocycles. The summed E-state index contributed by atoms with van der Waals surface area (Å²) in [6.45, 7) is 0.235. The molecule has 78 valence electrons. The number of anilines is 1. The average Bonchev–Trinajstić information content (AvgIpc) is 2.70. The normalized spacial score (nSPS) is 10.5. The molecule has 2 aromatic rings. The number of rotatable bonds is 2. The lowest BCUT2D eigenvalue weighted by Crippen LogP contribution is -1.95. The number of hydrogen-bond donors (Lipinski definition) is 2. The number of nitrogens with zero attached hydrogens (tertiary/aromatic N) is 2. The van der Waals surface area contributed by atoms with Crippen LogP contribution in [-0.4, -0.2) is 10.1 Å². The first-order valence-electron chi connectivity index (χ1n) is 4.29. The molecule has 0 atom stereocenters. The Morgan fingerprint density at radius 1 is 1.40 bits per heavy atom. The van der Waals surface area contributed by atoms with Crippen LogP contribution in [0.2, 0.25) is 0 Å². The summed E-state index contributed by atoms with van der Waals surface area (Å²) in [7, 11) is 0. The summed E-state index contributed by atoms with van der Waals surface area (Å²) < 4.78 is 5.74. The van der Waals surface area contributed by atoms with Crippen molar-refractivity contribution in [2.75, 3.05) is 5.73 Å². The number of nitrogen functional groups attached to an aromatic ring is 1. The molecule has 6 heteroatoms. The standard InChI is InChI=1S/C9H9BrN4O/c10-6-2-1-5(3-7(6)12)9-13-8(4-11)15-14-9/h1-3H,4,11-12H2. The summed E-state index contributed by atoms with van der Waals surface area (Å²) in [4.78, 5) is 4.10. The fourth-order valence-corrected chi connectivity index (χ4v) is 1.38. The lowest BCUT2D eigenvalue weighted by Gasteiger charge is -1.99. The average molecular weight is 269 g/mol. The zero-order valence-corrected chi connectivity index (χ0v) is 9.36. The zero-order valence-electron chi connectivity index (χ0n) is 7.77. The number of hydrogen-bond acceptors (Lipinski definition) is 5. The Morgan fingerprint density at radius 2 is 2.20 bits per heavy atom. The molecule has 15 heavy (non-hydrogen) atoms. The van der Waals surface area contributed by atoms with Gasteiger partial charge in [-0.1, -0.05) is 5.16 Å². The van der Waals surface area contributed by atoms with Gasteiger partial charge in [-0.15, -0.1) is 0 Å². The van der Waals surface area contributed by atoms with Crippen LogP contribution in [0, 0.1) is 0 Å². The number of halogens is 1. The third kappa shape index (κ3) is 2.00. The highest BCUT2D eigenvalue weighted by Gasteiger charge is 2.08. The summed E-state index contributed by atoms with van der Waals surface area (Å²) in [5.41, 5.74) is 12.5. The first kappa shape index (κ1) is 10.1. The Morgan fingerprint density at radius 3 is 2.80 bits per heavy atom. The molecule has 0 aliphatic rings. The van der Waals surface area contributed by atoms with Crippen molar-refractivity contribution >= 4 is 21.6 Å². The van der Waals surface area contributed by atoms with Crippen LogP contribution in [0.1, 0.15) is 5.89 Å². The zero-order chi connectivity index (χ0) is 10.8. The molecule has 0 fully saturated rings. The number of aromatic nitrogens is 2. The van der Waals surface area contributed by atoms with Gasteiger partial charge in [0.2, 0.25) is 11.7 Å². The van der Waals surface area contributed by atoms with Crippen molar-refractivity contribution in [2.45, 2.75) is 6.54 Å². The summed E-state index contributed by atoms with van der Waals surface area (Å²) in [6, 6.07) is 5.46. The third-order valence-corrected chi connectivity index (χ3v) is 2.62. The molecule has 1 aromatic heterocycles. The Labute approximate surface area is 94.6 Å². The topological polar surface area (TPSA) is 91.0 Å². The van der Waals surface area contributed by atoms with Gasteiger partial charge in [0.25, 0.3) is 0 Å². The minimum Gasteiger partial charge on any atom is -0.398 e. The summed E-state index contributed by atoms with van der Waals surface area (Å²) >= 11 is 3.31. The predicted molar refractivity (Wildman–Crippen MR) is 59.7 cm³/mol. The molecule has 2 rings (SSSR count). The Kier molecular flexibility index (Phi) is 2.70. The molecular weight excluding hydrogens is 260 g/mol. The van der Waals surface area contributed by atoms with E-state index in [0.717, 1.165) is 10.0 Å². The molecule has 0 saturated heterocycles. The van der Waals surface area contributed by atoms with Gasteiger partial charge in [0.05, 0.1) is 6.54 Å². The highest BCUT2D eigenvalue weighted by Crippen LogP contribution is 2.25. The van der Waals surface area contributed by atoms with Gasteiger partial charge in [-0.3, -0.25) is 0 Å². The van der Waals surface area contributed by atoms with Crippen molar-refractivity contribution in [1.82, 2.24) is 10.1 Å². The SMILES string of the molecule is NCc1nc(-c2ccc(Br)c(N)c2)no1. The van der Waals surface area contributed by atoms with Crippen LogP contribution in [0.3, 0.4) is 0 Å². The van der Waals surface area contributed by atoms with E-state index in [-0.39, 0.29) is 6.54 Å². The second-order valence-electron chi connectivity index (χ2n) is 2.95. The first-order chi connectivity index (χ1) is 7.20.